The first-order valence-corrected chi connectivity index (χ1v) is 10.2. The van der Waals surface area contributed by atoms with E-state index in [-0.39, 0.29) is 5.97 Å². The molecule has 148 valence electrons. The number of carbonyl (C=O) groups is 1. The van der Waals surface area contributed by atoms with Crippen LogP contribution >= 0.6 is 0 Å². The summed E-state index contributed by atoms with van der Waals surface area (Å²) in [5.74, 6) is 0.560. The maximum Gasteiger partial charge on any atom is 0.338 e. The quantitative estimate of drug-likeness (QED) is 0.456. The monoisotopic (exact) mass is 372 g/mol. The fraction of sp³-hybridized carbons (Fsp3) is 0.619. The third kappa shape index (κ3) is 5.45. The molecule has 1 saturated heterocycles. The Morgan fingerprint density at radius 2 is 1.96 bits per heavy atom. The van der Waals surface area contributed by atoms with Gasteiger partial charge in [0.05, 0.1) is 12.2 Å². The standard InChI is InChI=1S/C21H32N4O2/c1-3-27-20(26)17-10-8-16(9-11-17)14-23-21(22-2)24-18-12-13-25(15-18)19-6-4-5-7-19/h8-11,18-19H,3-7,12-15H2,1-2H3,(H2,22,23,24). The van der Waals surface area contributed by atoms with Crippen molar-refractivity contribution in [3.05, 3.63) is 35.4 Å². The van der Waals surface area contributed by atoms with Crippen LogP contribution in [0.5, 0.6) is 0 Å². The van der Waals surface area contributed by atoms with Crippen LogP contribution in [0.1, 0.15) is 54.9 Å². The summed E-state index contributed by atoms with van der Waals surface area (Å²) < 4.78 is 5.02. The normalized spacial score (nSPS) is 21.4. The van der Waals surface area contributed by atoms with Gasteiger partial charge in [0.2, 0.25) is 0 Å². The highest BCUT2D eigenvalue weighted by Gasteiger charge is 2.30. The summed E-state index contributed by atoms with van der Waals surface area (Å²) in [5, 5.41) is 6.93. The van der Waals surface area contributed by atoms with Gasteiger partial charge in [0.25, 0.3) is 0 Å². The Morgan fingerprint density at radius 1 is 1.22 bits per heavy atom. The number of carbonyl (C=O) groups excluding carboxylic acids is 1. The van der Waals surface area contributed by atoms with Crippen molar-refractivity contribution >= 4 is 11.9 Å². The molecule has 0 radical (unpaired) electrons. The average Bonchev–Trinajstić information content (AvgIpc) is 3.37. The van der Waals surface area contributed by atoms with E-state index in [1.54, 1.807) is 0 Å². The van der Waals surface area contributed by atoms with Crippen LogP contribution in [0.3, 0.4) is 0 Å². The lowest BCUT2D eigenvalue weighted by Crippen LogP contribution is -2.45. The lowest BCUT2D eigenvalue weighted by atomic mass is 10.1. The van der Waals surface area contributed by atoms with Gasteiger partial charge in [-0.2, -0.15) is 0 Å². The Kier molecular flexibility index (Phi) is 7.10. The zero-order valence-corrected chi connectivity index (χ0v) is 16.5. The Labute approximate surface area is 162 Å². The van der Waals surface area contributed by atoms with E-state index in [9.17, 15) is 4.79 Å². The van der Waals surface area contributed by atoms with E-state index < -0.39 is 0 Å². The smallest absolute Gasteiger partial charge is 0.338 e. The van der Waals surface area contributed by atoms with Crippen molar-refractivity contribution in [2.45, 2.75) is 57.7 Å². The van der Waals surface area contributed by atoms with Crippen LogP contribution in [-0.2, 0) is 11.3 Å². The number of esters is 1. The molecule has 1 aromatic rings. The molecule has 3 rings (SSSR count). The van der Waals surface area contributed by atoms with Gasteiger partial charge in [-0.05, 0) is 43.9 Å². The largest absolute Gasteiger partial charge is 0.462 e. The van der Waals surface area contributed by atoms with E-state index in [0.29, 0.717) is 24.8 Å². The molecule has 2 N–H and O–H groups in total. The Hall–Kier alpha value is -2.08. The van der Waals surface area contributed by atoms with E-state index in [2.05, 4.69) is 20.5 Å². The SMILES string of the molecule is CCOC(=O)c1ccc(CNC(=NC)NC2CCN(C3CCCC3)C2)cc1. The summed E-state index contributed by atoms with van der Waals surface area (Å²) >= 11 is 0. The van der Waals surface area contributed by atoms with Gasteiger partial charge in [-0.1, -0.05) is 25.0 Å². The van der Waals surface area contributed by atoms with Crippen molar-refractivity contribution in [2.75, 3.05) is 26.7 Å². The lowest BCUT2D eigenvalue weighted by Gasteiger charge is -2.24. The van der Waals surface area contributed by atoms with Crippen molar-refractivity contribution in [1.29, 1.82) is 0 Å². The molecule has 0 spiro atoms. The number of hydrogen-bond donors (Lipinski definition) is 2. The van der Waals surface area contributed by atoms with Gasteiger partial charge >= 0.3 is 5.97 Å². The predicted molar refractivity (Wildman–Crippen MR) is 108 cm³/mol. The molecular formula is C21H32N4O2. The molecule has 0 bridgehead atoms. The average molecular weight is 373 g/mol. The molecule has 1 heterocycles. The number of benzene rings is 1. The van der Waals surface area contributed by atoms with Gasteiger partial charge in [-0.15, -0.1) is 0 Å². The zero-order valence-electron chi connectivity index (χ0n) is 16.5. The van der Waals surface area contributed by atoms with Crippen molar-refractivity contribution in [3.8, 4) is 0 Å². The van der Waals surface area contributed by atoms with Crippen LogP contribution < -0.4 is 10.6 Å². The Morgan fingerprint density at radius 3 is 2.63 bits per heavy atom. The molecule has 2 aliphatic rings. The van der Waals surface area contributed by atoms with E-state index in [1.807, 2.05) is 38.2 Å². The second-order valence-corrected chi connectivity index (χ2v) is 7.41. The summed E-state index contributed by atoms with van der Waals surface area (Å²) in [7, 11) is 1.81. The van der Waals surface area contributed by atoms with Crippen molar-refractivity contribution in [2.24, 2.45) is 4.99 Å². The first kappa shape index (κ1) is 19.7. The molecule has 1 unspecified atom stereocenters. The minimum atomic E-state index is -0.275. The maximum atomic E-state index is 11.7. The predicted octanol–water partition coefficient (Wildman–Crippen LogP) is 2.55. The second kappa shape index (κ2) is 9.74. The number of aliphatic imine (C=N–C) groups is 1. The summed E-state index contributed by atoms with van der Waals surface area (Å²) in [6.07, 6.45) is 6.67. The molecule has 2 fully saturated rings. The molecule has 1 atom stereocenters. The molecule has 0 amide bonds. The van der Waals surface area contributed by atoms with E-state index in [4.69, 9.17) is 4.74 Å². The first-order chi connectivity index (χ1) is 13.2. The van der Waals surface area contributed by atoms with Gasteiger partial charge in [0, 0.05) is 38.8 Å². The summed E-state index contributed by atoms with van der Waals surface area (Å²) in [6.45, 7) is 5.17. The van der Waals surface area contributed by atoms with E-state index in [1.165, 1.54) is 38.6 Å². The summed E-state index contributed by atoms with van der Waals surface area (Å²) in [5.41, 5.74) is 1.69. The van der Waals surface area contributed by atoms with Crippen LogP contribution in [0.25, 0.3) is 0 Å². The highest BCUT2D eigenvalue weighted by Crippen LogP contribution is 2.26. The number of rotatable bonds is 6. The molecule has 27 heavy (non-hydrogen) atoms. The summed E-state index contributed by atoms with van der Waals surface area (Å²) in [6, 6.07) is 8.77. The number of guanidine groups is 1. The molecular weight excluding hydrogens is 340 g/mol. The van der Waals surface area contributed by atoms with Crippen LogP contribution in [0.4, 0.5) is 0 Å². The van der Waals surface area contributed by atoms with Crippen LogP contribution in [0.2, 0.25) is 0 Å². The number of nitrogens with one attached hydrogen (secondary N) is 2. The second-order valence-electron chi connectivity index (χ2n) is 7.41. The minimum absolute atomic E-state index is 0.275. The summed E-state index contributed by atoms with van der Waals surface area (Å²) in [4.78, 5) is 18.7. The van der Waals surface area contributed by atoms with Gasteiger partial charge in [-0.25, -0.2) is 4.79 Å². The number of nitrogens with zero attached hydrogens (tertiary/aromatic N) is 2. The Balaban J connectivity index is 1.44. The van der Waals surface area contributed by atoms with Gasteiger partial charge in [0.1, 0.15) is 0 Å². The van der Waals surface area contributed by atoms with E-state index >= 15 is 0 Å². The van der Waals surface area contributed by atoms with Crippen LogP contribution in [0.15, 0.2) is 29.3 Å². The fourth-order valence-corrected chi connectivity index (χ4v) is 4.05. The van der Waals surface area contributed by atoms with E-state index in [0.717, 1.165) is 24.1 Å². The Bertz CT molecular complexity index is 638. The molecule has 1 aliphatic heterocycles. The lowest BCUT2D eigenvalue weighted by molar-refractivity contribution is 0.0526. The third-order valence-electron chi connectivity index (χ3n) is 5.55. The molecule has 6 nitrogen and oxygen atoms in total. The maximum absolute atomic E-state index is 11.7. The van der Waals surface area contributed by atoms with Gasteiger partial charge < -0.3 is 15.4 Å². The van der Waals surface area contributed by atoms with Gasteiger partial charge in [0.15, 0.2) is 5.96 Å². The molecule has 1 saturated carbocycles. The fourth-order valence-electron chi connectivity index (χ4n) is 4.05. The number of ether oxygens (including phenoxy) is 1. The number of hydrogen-bond acceptors (Lipinski definition) is 4. The molecule has 6 heteroatoms. The van der Waals surface area contributed by atoms with Crippen molar-refractivity contribution in [3.63, 3.8) is 0 Å². The molecule has 1 aliphatic carbocycles. The third-order valence-corrected chi connectivity index (χ3v) is 5.55. The zero-order chi connectivity index (χ0) is 19.1. The molecule has 1 aromatic carbocycles. The molecule has 0 aromatic heterocycles. The highest BCUT2D eigenvalue weighted by molar-refractivity contribution is 5.89. The highest BCUT2D eigenvalue weighted by atomic mass is 16.5. The minimum Gasteiger partial charge on any atom is -0.462 e. The van der Waals surface area contributed by atoms with Gasteiger partial charge in [-0.3, -0.25) is 9.89 Å². The van der Waals surface area contributed by atoms with Crippen LogP contribution in [0, 0.1) is 0 Å². The number of likely N-dealkylation sites (tertiary alicyclic amines) is 1. The van der Waals surface area contributed by atoms with Crippen LogP contribution in [-0.4, -0.2) is 55.7 Å². The first-order valence-electron chi connectivity index (χ1n) is 10.2. The topological polar surface area (TPSA) is 66.0 Å². The van der Waals surface area contributed by atoms with Crippen molar-refractivity contribution in [1.82, 2.24) is 15.5 Å². The van der Waals surface area contributed by atoms with Crippen molar-refractivity contribution < 1.29 is 9.53 Å².